The lowest BCUT2D eigenvalue weighted by Gasteiger charge is -2.06. The molecule has 0 amide bonds. The molecular formula is C12H24F2Si. The zero-order valence-corrected chi connectivity index (χ0v) is 11.1. The van der Waals surface area contributed by atoms with Crippen LogP contribution in [-0.2, 0) is 0 Å². The highest BCUT2D eigenvalue weighted by molar-refractivity contribution is 6.37. The van der Waals surface area contributed by atoms with Gasteiger partial charge in [-0.1, -0.05) is 56.5 Å². The van der Waals surface area contributed by atoms with Crippen LogP contribution in [0.1, 0.15) is 57.8 Å². The normalized spacial score (nSPS) is 18.6. The van der Waals surface area contributed by atoms with Gasteiger partial charge in [0, 0.05) is 15.9 Å². The minimum Gasteiger partial charge on any atom is -0.211 e. The molecular weight excluding hydrogens is 210 g/mol. The molecule has 1 aliphatic rings. The third-order valence-electron chi connectivity index (χ3n) is 3.51. The molecule has 1 saturated carbocycles. The Bertz CT molecular complexity index is 145. The van der Waals surface area contributed by atoms with Crippen molar-refractivity contribution in [1.29, 1.82) is 0 Å². The minimum absolute atomic E-state index is 0.111. The minimum atomic E-state index is -2.09. The van der Waals surface area contributed by atoms with Crippen molar-refractivity contribution in [2.45, 2.75) is 75.8 Å². The van der Waals surface area contributed by atoms with Gasteiger partial charge in [0.15, 0.2) is 0 Å². The lowest BCUT2D eigenvalue weighted by atomic mass is 10.2. The maximum atomic E-state index is 11.8. The molecule has 1 fully saturated rings. The Morgan fingerprint density at radius 1 is 1.00 bits per heavy atom. The van der Waals surface area contributed by atoms with Crippen LogP contribution >= 0.6 is 0 Å². The fourth-order valence-electron chi connectivity index (χ4n) is 2.56. The lowest BCUT2D eigenvalue weighted by molar-refractivity contribution is 0.134. The molecule has 3 heteroatoms. The predicted molar refractivity (Wildman–Crippen MR) is 64.7 cm³/mol. The predicted octanol–water partition coefficient (Wildman–Crippen LogP) is 4.15. The van der Waals surface area contributed by atoms with Gasteiger partial charge in [0.1, 0.15) is 0 Å². The average Bonchev–Trinajstić information content (AvgIpc) is 2.68. The van der Waals surface area contributed by atoms with E-state index in [-0.39, 0.29) is 15.9 Å². The average molecular weight is 234 g/mol. The molecule has 0 atom stereocenters. The maximum Gasteiger partial charge on any atom is 0.238 e. The van der Waals surface area contributed by atoms with Crippen LogP contribution in [0.15, 0.2) is 0 Å². The molecule has 0 spiro atoms. The Kier molecular flexibility index (Phi) is 7.23. The van der Waals surface area contributed by atoms with Gasteiger partial charge in [0.05, 0.1) is 0 Å². The third kappa shape index (κ3) is 7.04. The van der Waals surface area contributed by atoms with E-state index in [9.17, 15) is 8.78 Å². The van der Waals surface area contributed by atoms with Gasteiger partial charge >= 0.3 is 0 Å². The second kappa shape index (κ2) is 8.25. The number of rotatable bonds is 8. The fraction of sp³-hybridized carbons (Fsp3) is 1.00. The van der Waals surface area contributed by atoms with Gasteiger partial charge in [-0.15, -0.1) is 0 Å². The molecule has 0 aromatic rings. The van der Waals surface area contributed by atoms with E-state index in [1.165, 1.54) is 44.6 Å². The van der Waals surface area contributed by atoms with Gasteiger partial charge in [-0.25, -0.2) is 8.78 Å². The molecule has 0 heterocycles. The van der Waals surface area contributed by atoms with Gasteiger partial charge in [-0.05, 0) is 6.42 Å². The van der Waals surface area contributed by atoms with E-state index in [0.717, 1.165) is 18.4 Å². The summed E-state index contributed by atoms with van der Waals surface area (Å²) in [7, 11) is 0.190. The molecule has 1 rings (SSSR count). The first-order valence-corrected chi connectivity index (χ1v) is 8.39. The monoisotopic (exact) mass is 234 g/mol. The van der Waals surface area contributed by atoms with Crippen LogP contribution in [0.4, 0.5) is 8.78 Å². The molecule has 0 aliphatic heterocycles. The Morgan fingerprint density at radius 3 is 2.33 bits per heavy atom. The summed E-state index contributed by atoms with van der Waals surface area (Å²) in [4.78, 5) is 0. The van der Waals surface area contributed by atoms with Crippen molar-refractivity contribution >= 4 is 9.52 Å². The highest BCUT2D eigenvalue weighted by atomic mass is 28.2. The maximum absolute atomic E-state index is 11.8. The van der Waals surface area contributed by atoms with Crippen LogP contribution in [-0.4, -0.2) is 15.9 Å². The number of halogens is 2. The molecule has 0 radical (unpaired) electrons. The number of alkyl halides is 2. The molecule has 0 N–H and O–H groups in total. The Morgan fingerprint density at radius 2 is 1.67 bits per heavy atom. The van der Waals surface area contributed by atoms with E-state index in [2.05, 4.69) is 0 Å². The standard InChI is InChI=1S/C12H24F2Si/c13-12(14)9-3-1-2-6-10-15-11-7-4-5-8-11/h11-12H,1-10,15H2. The van der Waals surface area contributed by atoms with Crippen LogP contribution in [0.5, 0.6) is 0 Å². The summed E-state index contributed by atoms with van der Waals surface area (Å²) in [5.74, 6) is 0. The highest BCUT2D eigenvalue weighted by Gasteiger charge is 2.14. The topological polar surface area (TPSA) is 0 Å². The number of unbranched alkanes of at least 4 members (excludes halogenated alkanes) is 3. The lowest BCUT2D eigenvalue weighted by Crippen LogP contribution is -1.98. The number of hydrogen-bond donors (Lipinski definition) is 0. The third-order valence-corrected chi connectivity index (χ3v) is 6.05. The van der Waals surface area contributed by atoms with Crippen LogP contribution < -0.4 is 0 Å². The molecule has 0 saturated heterocycles. The molecule has 0 unspecified atom stereocenters. The summed E-state index contributed by atoms with van der Waals surface area (Å²) >= 11 is 0. The summed E-state index contributed by atoms with van der Waals surface area (Å²) in [6.07, 6.45) is 8.19. The Balaban J connectivity index is 1.76. The second-order valence-corrected chi connectivity index (χ2v) is 7.33. The Hall–Kier alpha value is 0.0769. The first-order chi connectivity index (χ1) is 7.29. The summed E-state index contributed by atoms with van der Waals surface area (Å²) in [5, 5.41) is 0. The highest BCUT2D eigenvalue weighted by Crippen LogP contribution is 2.30. The summed E-state index contributed by atoms with van der Waals surface area (Å²) in [6, 6.07) is 1.46. The van der Waals surface area contributed by atoms with Gasteiger partial charge in [0.25, 0.3) is 0 Å². The molecule has 0 aromatic heterocycles. The van der Waals surface area contributed by atoms with Crippen LogP contribution in [0, 0.1) is 0 Å². The fourth-order valence-corrected chi connectivity index (χ4v) is 4.94. The molecule has 1 aliphatic carbocycles. The summed E-state index contributed by atoms with van der Waals surface area (Å²) in [6.45, 7) is 0. The van der Waals surface area contributed by atoms with Crippen molar-refractivity contribution in [3.63, 3.8) is 0 Å². The summed E-state index contributed by atoms with van der Waals surface area (Å²) < 4.78 is 23.6. The van der Waals surface area contributed by atoms with Crippen molar-refractivity contribution in [2.24, 2.45) is 0 Å². The molecule has 90 valence electrons. The van der Waals surface area contributed by atoms with E-state index in [1.807, 2.05) is 0 Å². The van der Waals surface area contributed by atoms with Crippen LogP contribution in [0.2, 0.25) is 11.6 Å². The quantitative estimate of drug-likeness (QED) is 0.437. The van der Waals surface area contributed by atoms with Gasteiger partial charge in [-0.2, -0.15) is 0 Å². The molecule has 15 heavy (non-hydrogen) atoms. The smallest absolute Gasteiger partial charge is 0.211 e. The first-order valence-electron chi connectivity index (χ1n) is 6.57. The van der Waals surface area contributed by atoms with E-state index < -0.39 is 6.43 Å². The zero-order valence-electron chi connectivity index (χ0n) is 9.69. The van der Waals surface area contributed by atoms with E-state index in [0.29, 0.717) is 0 Å². The van der Waals surface area contributed by atoms with Gasteiger partial charge < -0.3 is 0 Å². The van der Waals surface area contributed by atoms with E-state index in [1.54, 1.807) is 0 Å². The van der Waals surface area contributed by atoms with Crippen molar-refractivity contribution in [3.05, 3.63) is 0 Å². The Labute approximate surface area is 94.7 Å². The molecule has 0 aromatic carbocycles. The van der Waals surface area contributed by atoms with Crippen molar-refractivity contribution in [2.75, 3.05) is 0 Å². The zero-order chi connectivity index (χ0) is 10.9. The van der Waals surface area contributed by atoms with Crippen molar-refractivity contribution in [3.8, 4) is 0 Å². The van der Waals surface area contributed by atoms with E-state index >= 15 is 0 Å². The van der Waals surface area contributed by atoms with E-state index in [4.69, 9.17) is 0 Å². The van der Waals surface area contributed by atoms with Gasteiger partial charge in [0.2, 0.25) is 6.43 Å². The molecule has 0 nitrogen and oxygen atoms in total. The largest absolute Gasteiger partial charge is 0.238 e. The van der Waals surface area contributed by atoms with Crippen LogP contribution in [0.3, 0.4) is 0 Å². The second-order valence-electron chi connectivity index (χ2n) is 4.89. The first kappa shape index (κ1) is 13.1. The number of hydrogen-bond acceptors (Lipinski definition) is 0. The molecule has 0 bridgehead atoms. The van der Waals surface area contributed by atoms with Crippen molar-refractivity contribution in [1.82, 2.24) is 0 Å². The van der Waals surface area contributed by atoms with Gasteiger partial charge in [-0.3, -0.25) is 0 Å². The summed E-state index contributed by atoms with van der Waals surface area (Å²) in [5.41, 5.74) is 1.13. The van der Waals surface area contributed by atoms with Crippen molar-refractivity contribution < 1.29 is 8.78 Å². The SMILES string of the molecule is FC(F)CCCCCC[SiH2]C1CCCC1. The van der Waals surface area contributed by atoms with Crippen LogP contribution in [0.25, 0.3) is 0 Å².